The fourth-order valence-corrected chi connectivity index (χ4v) is 2.97. The first-order valence-electron chi connectivity index (χ1n) is 8.44. The molecule has 0 spiro atoms. The monoisotopic (exact) mass is 323 g/mol. The van der Waals surface area contributed by atoms with Gasteiger partial charge in [-0.1, -0.05) is 6.92 Å². The second-order valence-corrected chi connectivity index (χ2v) is 6.65. The zero-order valence-electron chi connectivity index (χ0n) is 14.4. The van der Waals surface area contributed by atoms with E-state index in [2.05, 4.69) is 22.5 Å². The molecule has 2 amide bonds. The summed E-state index contributed by atoms with van der Waals surface area (Å²) in [5, 5.41) is 16.0. The molecule has 23 heavy (non-hydrogen) atoms. The molecule has 1 fully saturated rings. The topological polar surface area (TPSA) is 77.7 Å². The van der Waals surface area contributed by atoms with E-state index >= 15 is 0 Å². The Kier molecular flexibility index (Phi) is 6.07. The fourth-order valence-electron chi connectivity index (χ4n) is 2.97. The Labute approximate surface area is 138 Å². The smallest absolute Gasteiger partial charge is 0.314 e. The number of aryl methyl sites for hydroxylation is 1. The van der Waals surface area contributed by atoms with Crippen LogP contribution in [0.4, 0.5) is 4.79 Å². The van der Waals surface area contributed by atoms with E-state index in [0.717, 1.165) is 31.8 Å². The summed E-state index contributed by atoms with van der Waals surface area (Å²) in [6.07, 6.45) is 2.34. The van der Waals surface area contributed by atoms with E-state index in [1.165, 1.54) is 6.42 Å². The molecule has 2 heterocycles. The number of furan rings is 1. The normalized spacial score (nSPS) is 21.7. The number of urea groups is 1. The minimum atomic E-state index is -1.21. The lowest BCUT2D eigenvalue weighted by molar-refractivity contribution is 0.0359. The van der Waals surface area contributed by atoms with Gasteiger partial charge in [-0.05, 0) is 57.8 Å². The largest absolute Gasteiger partial charge is 0.463 e. The molecule has 0 saturated carbocycles. The maximum absolute atomic E-state index is 11.9. The van der Waals surface area contributed by atoms with Crippen LogP contribution in [0.2, 0.25) is 0 Å². The molecule has 1 aliphatic rings. The SMILES string of the molecule is CCN1CCCC(CNC(=O)NCC(C)(O)c2ccc(C)o2)C1. The summed E-state index contributed by atoms with van der Waals surface area (Å²) in [7, 11) is 0. The Bertz CT molecular complexity index is 513. The molecular formula is C17H29N3O3. The van der Waals surface area contributed by atoms with Gasteiger partial charge in [-0.2, -0.15) is 0 Å². The lowest BCUT2D eigenvalue weighted by atomic mass is 9.98. The Morgan fingerprint density at radius 1 is 1.48 bits per heavy atom. The summed E-state index contributed by atoms with van der Waals surface area (Å²) in [4.78, 5) is 14.4. The first kappa shape index (κ1) is 17.8. The van der Waals surface area contributed by atoms with Crippen LogP contribution in [0, 0.1) is 12.8 Å². The van der Waals surface area contributed by atoms with Gasteiger partial charge in [0.2, 0.25) is 0 Å². The maximum atomic E-state index is 11.9. The first-order valence-corrected chi connectivity index (χ1v) is 8.44. The van der Waals surface area contributed by atoms with Gasteiger partial charge >= 0.3 is 6.03 Å². The van der Waals surface area contributed by atoms with Crippen molar-refractivity contribution >= 4 is 6.03 Å². The third-order valence-electron chi connectivity index (χ3n) is 4.47. The molecule has 0 bridgehead atoms. The molecule has 1 saturated heterocycles. The van der Waals surface area contributed by atoms with Crippen LogP contribution in [0.3, 0.4) is 0 Å². The fraction of sp³-hybridized carbons (Fsp3) is 0.706. The average Bonchev–Trinajstić information content (AvgIpc) is 2.98. The molecule has 6 heteroatoms. The molecule has 3 N–H and O–H groups in total. The highest BCUT2D eigenvalue weighted by atomic mass is 16.4. The van der Waals surface area contributed by atoms with E-state index in [-0.39, 0.29) is 12.6 Å². The molecule has 0 radical (unpaired) electrons. The summed E-state index contributed by atoms with van der Waals surface area (Å²) in [5.41, 5.74) is -1.21. The lowest BCUT2D eigenvalue weighted by Crippen LogP contribution is -2.46. The number of rotatable bonds is 6. The van der Waals surface area contributed by atoms with E-state index in [1.807, 2.05) is 6.92 Å². The van der Waals surface area contributed by atoms with E-state index in [1.54, 1.807) is 19.1 Å². The van der Waals surface area contributed by atoms with Crippen LogP contribution in [0.1, 0.15) is 38.2 Å². The average molecular weight is 323 g/mol. The number of carbonyl (C=O) groups excluding carboxylic acids is 1. The molecule has 2 rings (SSSR count). The van der Waals surface area contributed by atoms with Gasteiger partial charge < -0.3 is 25.1 Å². The zero-order chi connectivity index (χ0) is 16.9. The van der Waals surface area contributed by atoms with Crippen LogP contribution in [0.5, 0.6) is 0 Å². The van der Waals surface area contributed by atoms with Crippen molar-refractivity contribution in [2.45, 2.75) is 39.2 Å². The Balaban J connectivity index is 1.72. The molecule has 1 aromatic rings. The summed E-state index contributed by atoms with van der Waals surface area (Å²) < 4.78 is 5.43. The summed E-state index contributed by atoms with van der Waals surface area (Å²) in [5.74, 6) is 1.70. The number of likely N-dealkylation sites (tertiary alicyclic amines) is 1. The van der Waals surface area contributed by atoms with Crippen molar-refractivity contribution < 1.29 is 14.3 Å². The lowest BCUT2D eigenvalue weighted by Gasteiger charge is -2.32. The van der Waals surface area contributed by atoms with E-state index in [4.69, 9.17) is 4.42 Å². The molecule has 2 atom stereocenters. The van der Waals surface area contributed by atoms with Gasteiger partial charge in [0.05, 0.1) is 6.54 Å². The third-order valence-corrected chi connectivity index (χ3v) is 4.47. The number of nitrogens with one attached hydrogen (secondary N) is 2. The number of aliphatic hydroxyl groups is 1. The second-order valence-electron chi connectivity index (χ2n) is 6.65. The van der Waals surface area contributed by atoms with Crippen LogP contribution in [-0.4, -0.2) is 48.8 Å². The number of nitrogens with zero attached hydrogens (tertiary/aromatic N) is 1. The van der Waals surface area contributed by atoms with Crippen LogP contribution < -0.4 is 10.6 Å². The van der Waals surface area contributed by atoms with Crippen molar-refractivity contribution in [1.29, 1.82) is 0 Å². The van der Waals surface area contributed by atoms with Gasteiger partial charge in [-0.15, -0.1) is 0 Å². The Hall–Kier alpha value is -1.53. The molecule has 1 aromatic heterocycles. The highest BCUT2D eigenvalue weighted by molar-refractivity contribution is 5.73. The van der Waals surface area contributed by atoms with Crippen molar-refractivity contribution in [2.75, 3.05) is 32.7 Å². The number of amides is 2. The summed E-state index contributed by atoms with van der Waals surface area (Å²) in [6.45, 7) is 9.66. The predicted octanol–water partition coefficient (Wildman–Crippen LogP) is 1.83. The maximum Gasteiger partial charge on any atom is 0.314 e. The molecule has 0 aliphatic carbocycles. The van der Waals surface area contributed by atoms with Crippen molar-refractivity contribution in [3.8, 4) is 0 Å². The highest BCUT2D eigenvalue weighted by Gasteiger charge is 2.27. The van der Waals surface area contributed by atoms with Gasteiger partial charge in [-0.25, -0.2) is 4.79 Å². The standard InChI is InChI=1S/C17H29N3O3/c1-4-20-9-5-6-14(11-20)10-18-16(21)19-12-17(3,22)15-8-7-13(2)23-15/h7-8,14,22H,4-6,9-12H2,1-3H3,(H2,18,19,21). The van der Waals surface area contributed by atoms with Gasteiger partial charge in [0.15, 0.2) is 0 Å². The van der Waals surface area contributed by atoms with E-state index < -0.39 is 5.60 Å². The number of hydrogen-bond donors (Lipinski definition) is 3. The minimum Gasteiger partial charge on any atom is -0.463 e. The molecule has 2 unspecified atom stereocenters. The van der Waals surface area contributed by atoms with E-state index in [9.17, 15) is 9.90 Å². The summed E-state index contributed by atoms with van der Waals surface area (Å²) >= 11 is 0. The highest BCUT2D eigenvalue weighted by Crippen LogP contribution is 2.21. The molecular weight excluding hydrogens is 294 g/mol. The van der Waals surface area contributed by atoms with Gasteiger partial charge in [0.1, 0.15) is 17.1 Å². The quantitative estimate of drug-likeness (QED) is 0.746. The molecule has 0 aromatic carbocycles. The van der Waals surface area contributed by atoms with Crippen LogP contribution in [0.25, 0.3) is 0 Å². The minimum absolute atomic E-state index is 0.109. The molecule has 6 nitrogen and oxygen atoms in total. The first-order chi connectivity index (χ1) is 10.9. The molecule has 1 aliphatic heterocycles. The third kappa shape index (κ3) is 5.25. The van der Waals surface area contributed by atoms with Crippen molar-refractivity contribution in [3.63, 3.8) is 0 Å². The van der Waals surface area contributed by atoms with Gasteiger partial charge in [0, 0.05) is 13.1 Å². The Morgan fingerprint density at radius 2 is 2.26 bits per heavy atom. The zero-order valence-corrected chi connectivity index (χ0v) is 14.4. The van der Waals surface area contributed by atoms with Gasteiger partial charge in [0.25, 0.3) is 0 Å². The summed E-state index contributed by atoms with van der Waals surface area (Å²) in [6, 6.07) is 3.28. The van der Waals surface area contributed by atoms with Crippen LogP contribution >= 0.6 is 0 Å². The Morgan fingerprint density at radius 3 is 2.91 bits per heavy atom. The second kappa shape index (κ2) is 7.84. The predicted molar refractivity (Wildman–Crippen MR) is 89.3 cm³/mol. The van der Waals surface area contributed by atoms with Crippen LogP contribution in [0.15, 0.2) is 16.5 Å². The van der Waals surface area contributed by atoms with Crippen molar-refractivity contribution in [2.24, 2.45) is 5.92 Å². The number of hydrogen-bond acceptors (Lipinski definition) is 4. The number of piperidine rings is 1. The van der Waals surface area contributed by atoms with Crippen molar-refractivity contribution in [3.05, 3.63) is 23.7 Å². The van der Waals surface area contributed by atoms with Crippen LogP contribution in [-0.2, 0) is 5.60 Å². The molecule has 130 valence electrons. The van der Waals surface area contributed by atoms with E-state index in [0.29, 0.717) is 18.2 Å². The van der Waals surface area contributed by atoms with Gasteiger partial charge in [-0.3, -0.25) is 0 Å². The van der Waals surface area contributed by atoms with Crippen molar-refractivity contribution in [1.82, 2.24) is 15.5 Å². The number of carbonyl (C=O) groups is 1.